The first-order chi connectivity index (χ1) is 6.47. The van der Waals surface area contributed by atoms with Gasteiger partial charge < -0.3 is 16.2 Å². The molecule has 4 N–H and O–H groups in total. The first-order valence-corrected chi connectivity index (χ1v) is 4.71. The Labute approximate surface area is 83.7 Å². The van der Waals surface area contributed by atoms with Gasteiger partial charge in [0.2, 0.25) is 11.8 Å². The van der Waals surface area contributed by atoms with Crippen LogP contribution in [0.5, 0.6) is 0 Å². The number of aliphatic hydroxyl groups is 1. The molecule has 2 unspecified atom stereocenters. The zero-order valence-electron chi connectivity index (χ0n) is 8.62. The molecule has 0 aromatic carbocycles. The molecule has 0 aromatic heterocycles. The first kappa shape index (κ1) is 12.9. The Bertz CT molecular complexity index is 206. The molecule has 0 aliphatic carbocycles. The Morgan fingerprint density at radius 1 is 1.50 bits per heavy atom. The number of aliphatic hydroxyl groups excluding tert-OH is 1. The summed E-state index contributed by atoms with van der Waals surface area (Å²) in [5.74, 6) is -0.686. The lowest BCUT2D eigenvalue weighted by molar-refractivity contribution is -0.127. The normalized spacial score (nSPS) is 14.5. The monoisotopic (exact) mass is 202 g/mol. The second kappa shape index (κ2) is 6.37. The van der Waals surface area contributed by atoms with Gasteiger partial charge in [0.1, 0.15) is 6.10 Å². The number of hydrogen-bond acceptors (Lipinski definition) is 3. The van der Waals surface area contributed by atoms with Crippen molar-refractivity contribution in [2.75, 3.05) is 6.54 Å². The number of carbonyl (C=O) groups excluding carboxylic acids is 2. The summed E-state index contributed by atoms with van der Waals surface area (Å²) in [5.41, 5.74) is 4.81. The van der Waals surface area contributed by atoms with Crippen molar-refractivity contribution in [2.24, 2.45) is 11.7 Å². The zero-order chi connectivity index (χ0) is 11.1. The number of rotatable bonds is 6. The van der Waals surface area contributed by atoms with Crippen LogP contribution in [0.3, 0.4) is 0 Å². The Morgan fingerprint density at radius 3 is 2.50 bits per heavy atom. The highest BCUT2D eigenvalue weighted by molar-refractivity contribution is 5.80. The van der Waals surface area contributed by atoms with Crippen molar-refractivity contribution in [3.63, 3.8) is 0 Å². The van der Waals surface area contributed by atoms with Gasteiger partial charge >= 0.3 is 0 Å². The molecule has 5 heteroatoms. The van der Waals surface area contributed by atoms with Gasteiger partial charge in [-0.15, -0.1) is 0 Å². The molecular weight excluding hydrogens is 184 g/mol. The molecule has 0 rings (SSSR count). The highest BCUT2D eigenvalue weighted by Crippen LogP contribution is 2.05. The van der Waals surface area contributed by atoms with Crippen molar-refractivity contribution in [1.82, 2.24) is 5.32 Å². The van der Waals surface area contributed by atoms with Crippen molar-refractivity contribution in [3.05, 3.63) is 0 Å². The van der Waals surface area contributed by atoms with Crippen molar-refractivity contribution in [2.45, 2.75) is 32.8 Å². The van der Waals surface area contributed by atoms with Crippen LogP contribution in [0, 0.1) is 5.92 Å². The van der Waals surface area contributed by atoms with Crippen molar-refractivity contribution >= 4 is 11.8 Å². The fourth-order valence-corrected chi connectivity index (χ4v) is 0.844. The summed E-state index contributed by atoms with van der Waals surface area (Å²) < 4.78 is 0. The molecule has 0 bridgehead atoms. The van der Waals surface area contributed by atoms with Crippen LogP contribution in [0.15, 0.2) is 0 Å². The minimum atomic E-state index is -1.30. The van der Waals surface area contributed by atoms with E-state index >= 15 is 0 Å². The van der Waals surface area contributed by atoms with E-state index in [0.29, 0.717) is 12.3 Å². The minimum absolute atomic E-state index is 0.107. The van der Waals surface area contributed by atoms with Crippen LogP contribution >= 0.6 is 0 Å². The molecule has 0 saturated carbocycles. The van der Waals surface area contributed by atoms with Gasteiger partial charge in [0.15, 0.2) is 0 Å². The van der Waals surface area contributed by atoms with E-state index in [1.54, 1.807) is 0 Å². The molecule has 0 saturated heterocycles. The van der Waals surface area contributed by atoms with Crippen molar-refractivity contribution < 1.29 is 14.7 Å². The van der Waals surface area contributed by atoms with Gasteiger partial charge in [-0.1, -0.05) is 20.3 Å². The average molecular weight is 202 g/mol. The molecule has 82 valence electrons. The van der Waals surface area contributed by atoms with Crippen LogP contribution in [-0.4, -0.2) is 29.6 Å². The van der Waals surface area contributed by atoms with Gasteiger partial charge in [-0.2, -0.15) is 0 Å². The molecule has 2 atom stereocenters. The number of nitrogens with two attached hydrogens (primary N) is 1. The molecule has 0 aliphatic rings. The number of carbonyl (C=O) groups is 2. The largest absolute Gasteiger partial charge is 0.381 e. The maximum Gasteiger partial charge on any atom is 0.248 e. The van der Waals surface area contributed by atoms with E-state index in [-0.39, 0.29) is 12.5 Å². The molecule has 0 spiro atoms. The van der Waals surface area contributed by atoms with E-state index in [1.807, 2.05) is 13.8 Å². The highest BCUT2D eigenvalue weighted by atomic mass is 16.3. The summed E-state index contributed by atoms with van der Waals surface area (Å²) in [6.07, 6.45) is 0.0317. The van der Waals surface area contributed by atoms with Crippen LogP contribution in [0.1, 0.15) is 26.7 Å². The van der Waals surface area contributed by atoms with E-state index in [2.05, 4.69) is 5.32 Å². The third-order valence-corrected chi connectivity index (χ3v) is 2.05. The average Bonchev–Trinajstić information content (AvgIpc) is 2.13. The summed E-state index contributed by atoms with van der Waals surface area (Å²) in [5, 5.41) is 11.4. The highest BCUT2D eigenvalue weighted by Gasteiger charge is 2.13. The van der Waals surface area contributed by atoms with Crippen LogP contribution in [-0.2, 0) is 9.59 Å². The van der Waals surface area contributed by atoms with Gasteiger partial charge in [0, 0.05) is 6.42 Å². The van der Waals surface area contributed by atoms with Gasteiger partial charge in [0.05, 0.1) is 6.54 Å². The second-order valence-electron chi connectivity index (χ2n) is 3.44. The Morgan fingerprint density at radius 2 is 2.07 bits per heavy atom. The lowest BCUT2D eigenvalue weighted by Gasteiger charge is -2.10. The molecule has 2 amide bonds. The maximum absolute atomic E-state index is 11.2. The molecule has 0 radical (unpaired) electrons. The minimum Gasteiger partial charge on any atom is -0.381 e. The second-order valence-corrected chi connectivity index (χ2v) is 3.44. The fourth-order valence-electron chi connectivity index (χ4n) is 0.844. The number of nitrogens with one attached hydrogen (secondary N) is 1. The van der Waals surface area contributed by atoms with Crippen LogP contribution in [0.4, 0.5) is 0 Å². The van der Waals surface area contributed by atoms with Crippen LogP contribution in [0.25, 0.3) is 0 Å². The van der Waals surface area contributed by atoms with Crippen molar-refractivity contribution in [1.29, 1.82) is 0 Å². The summed E-state index contributed by atoms with van der Waals surface area (Å²) >= 11 is 0. The smallest absolute Gasteiger partial charge is 0.248 e. The summed E-state index contributed by atoms with van der Waals surface area (Å²) in [6.45, 7) is 3.85. The molecule has 0 heterocycles. The van der Waals surface area contributed by atoms with E-state index in [4.69, 9.17) is 10.8 Å². The number of hydrogen-bond donors (Lipinski definition) is 3. The van der Waals surface area contributed by atoms with Crippen molar-refractivity contribution in [3.8, 4) is 0 Å². The standard InChI is InChI=1S/C9H18N2O3/c1-3-6(2)4-8(13)11-5-7(12)9(10)14/h6-7,12H,3-5H2,1-2H3,(H2,10,14)(H,11,13). The molecule has 0 fully saturated rings. The van der Waals surface area contributed by atoms with Gasteiger partial charge in [-0.05, 0) is 5.92 Å². The Hall–Kier alpha value is -1.10. The number of amides is 2. The first-order valence-electron chi connectivity index (χ1n) is 4.71. The predicted octanol–water partition coefficient (Wildman–Crippen LogP) is -0.615. The Balaban J connectivity index is 3.69. The van der Waals surface area contributed by atoms with Gasteiger partial charge in [0.25, 0.3) is 0 Å². The lowest BCUT2D eigenvalue weighted by Crippen LogP contribution is -2.40. The fraction of sp³-hybridized carbons (Fsp3) is 0.778. The third-order valence-electron chi connectivity index (χ3n) is 2.05. The molecule has 0 aliphatic heterocycles. The zero-order valence-corrected chi connectivity index (χ0v) is 8.62. The van der Waals surface area contributed by atoms with Crippen LogP contribution < -0.4 is 11.1 Å². The maximum atomic E-state index is 11.2. The quantitative estimate of drug-likeness (QED) is 0.536. The summed E-state index contributed by atoms with van der Waals surface area (Å²) in [6, 6.07) is 0. The third kappa shape index (κ3) is 5.53. The summed E-state index contributed by atoms with van der Waals surface area (Å²) in [4.78, 5) is 21.6. The van der Waals surface area contributed by atoms with E-state index in [1.165, 1.54) is 0 Å². The summed E-state index contributed by atoms with van der Waals surface area (Å²) in [7, 11) is 0. The van der Waals surface area contributed by atoms with E-state index in [9.17, 15) is 9.59 Å². The topological polar surface area (TPSA) is 92.4 Å². The SMILES string of the molecule is CCC(C)CC(=O)NCC(O)C(N)=O. The predicted molar refractivity (Wildman–Crippen MR) is 52.3 cm³/mol. The van der Waals surface area contributed by atoms with Gasteiger partial charge in [-0.25, -0.2) is 0 Å². The number of primary amides is 1. The molecule has 14 heavy (non-hydrogen) atoms. The Kier molecular flexibility index (Phi) is 5.87. The van der Waals surface area contributed by atoms with Crippen LogP contribution in [0.2, 0.25) is 0 Å². The molecule has 0 aromatic rings. The van der Waals surface area contributed by atoms with Gasteiger partial charge in [-0.3, -0.25) is 9.59 Å². The lowest BCUT2D eigenvalue weighted by atomic mass is 10.1. The van der Waals surface area contributed by atoms with E-state index in [0.717, 1.165) is 6.42 Å². The molecule has 5 nitrogen and oxygen atoms in total. The molecular formula is C9H18N2O3. The van der Waals surface area contributed by atoms with E-state index < -0.39 is 12.0 Å².